The molecule has 1 heterocycles. The van der Waals surface area contributed by atoms with E-state index in [0.717, 1.165) is 4.31 Å². The Kier molecular flexibility index (Phi) is 4.20. The summed E-state index contributed by atoms with van der Waals surface area (Å²) in [6.45, 7) is 5.19. The maximum Gasteiger partial charge on any atom is 0.429 e. The van der Waals surface area contributed by atoms with Crippen LogP contribution >= 0.6 is 0 Å². The molecule has 2 atom stereocenters. The molecule has 6 nitrogen and oxygen atoms in total. The van der Waals surface area contributed by atoms with Crippen LogP contribution in [0.1, 0.15) is 25.0 Å². The summed E-state index contributed by atoms with van der Waals surface area (Å²) in [7, 11) is -2.75. The van der Waals surface area contributed by atoms with Gasteiger partial charge in [-0.15, -0.1) is 0 Å². The number of rotatable bonds is 4. The lowest BCUT2D eigenvalue weighted by Crippen LogP contribution is -2.52. The molecule has 0 N–H and O–H groups in total. The van der Waals surface area contributed by atoms with Gasteiger partial charge in [-0.25, -0.2) is 13.2 Å². The number of carbonyl (C=O) groups excluding carboxylic acids is 1. The van der Waals surface area contributed by atoms with Crippen molar-refractivity contribution < 1.29 is 22.7 Å². The maximum atomic E-state index is 13.4. The van der Waals surface area contributed by atoms with Crippen LogP contribution in [0.3, 0.4) is 0 Å². The third kappa shape index (κ3) is 2.46. The van der Waals surface area contributed by atoms with Crippen molar-refractivity contribution in [1.82, 2.24) is 0 Å². The number of carbonyl (C=O) groups is 1. The van der Waals surface area contributed by atoms with Crippen LogP contribution in [0.25, 0.3) is 0 Å². The number of anilines is 1. The standard InChI is InChI=1S/C18H19NO5S/c1-4-15-13-9-5-6-10-14(13)19(17(20)24-15)25(21,22)18(2)12-8-7-11-16(18)23-3/h4-11,15H,1,12H2,2-3H3. The van der Waals surface area contributed by atoms with Crippen molar-refractivity contribution in [1.29, 1.82) is 0 Å². The van der Waals surface area contributed by atoms with Crippen LogP contribution in [0, 0.1) is 0 Å². The van der Waals surface area contributed by atoms with Crippen molar-refractivity contribution in [2.75, 3.05) is 11.4 Å². The fourth-order valence-electron chi connectivity index (χ4n) is 3.08. The molecule has 132 valence electrons. The van der Waals surface area contributed by atoms with Gasteiger partial charge < -0.3 is 9.47 Å². The molecular weight excluding hydrogens is 342 g/mol. The Bertz CT molecular complexity index is 886. The highest BCUT2D eigenvalue weighted by Crippen LogP contribution is 2.43. The van der Waals surface area contributed by atoms with E-state index >= 15 is 0 Å². The van der Waals surface area contributed by atoms with Crippen LogP contribution in [0.15, 0.2) is 60.9 Å². The van der Waals surface area contributed by atoms with E-state index in [1.807, 2.05) is 0 Å². The Hall–Kier alpha value is -2.54. The van der Waals surface area contributed by atoms with Gasteiger partial charge in [0.15, 0.2) is 0 Å². The van der Waals surface area contributed by atoms with Crippen LogP contribution < -0.4 is 4.31 Å². The fraction of sp³-hybridized carbons (Fsp3) is 0.278. The Morgan fingerprint density at radius 3 is 2.80 bits per heavy atom. The number of para-hydroxylation sites is 1. The topological polar surface area (TPSA) is 72.9 Å². The van der Waals surface area contributed by atoms with Crippen LogP contribution in [0.2, 0.25) is 0 Å². The molecule has 7 heteroatoms. The molecule has 1 aromatic carbocycles. The molecule has 1 aliphatic heterocycles. The maximum absolute atomic E-state index is 13.4. The zero-order valence-electron chi connectivity index (χ0n) is 14.0. The molecule has 0 spiro atoms. The molecule has 1 aliphatic carbocycles. The van der Waals surface area contributed by atoms with E-state index < -0.39 is 27.0 Å². The van der Waals surface area contributed by atoms with E-state index in [9.17, 15) is 13.2 Å². The first-order valence-corrected chi connectivity index (χ1v) is 9.19. The largest absolute Gasteiger partial charge is 0.499 e. The van der Waals surface area contributed by atoms with Gasteiger partial charge in [-0.2, -0.15) is 4.31 Å². The van der Waals surface area contributed by atoms with E-state index in [1.54, 1.807) is 42.5 Å². The summed E-state index contributed by atoms with van der Waals surface area (Å²) < 4.78 is 36.8. The first-order valence-electron chi connectivity index (χ1n) is 7.75. The number of fused-ring (bicyclic) bond motifs is 1. The summed E-state index contributed by atoms with van der Waals surface area (Å²) in [4.78, 5) is 12.6. The average molecular weight is 361 g/mol. The number of methoxy groups -OCH3 is 1. The first kappa shape index (κ1) is 17.3. The van der Waals surface area contributed by atoms with Crippen LogP contribution in [0.5, 0.6) is 0 Å². The summed E-state index contributed by atoms with van der Waals surface area (Å²) >= 11 is 0. The fourth-order valence-corrected chi connectivity index (χ4v) is 4.86. The van der Waals surface area contributed by atoms with E-state index in [0.29, 0.717) is 5.56 Å². The highest BCUT2D eigenvalue weighted by molar-refractivity contribution is 7.95. The molecule has 1 aromatic rings. The summed E-state index contributed by atoms with van der Waals surface area (Å²) in [5.74, 6) is 0.270. The number of ether oxygens (including phenoxy) is 2. The van der Waals surface area contributed by atoms with E-state index in [2.05, 4.69) is 6.58 Å². The predicted octanol–water partition coefficient (Wildman–Crippen LogP) is 3.45. The summed E-state index contributed by atoms with van der Waals surface area (Å²) in [6, 6.07) is 6.73. The Labute approximate surface area is 147 Å². The minimum absolute atomic E-state index is 0.186. The highest BCUT2D eigenvalue weighted by atomic mass is 32.2. The van der Waals surface area contributed by atoms with Crippen molar-refractivity contribution in [3.8, 4) is 0 Å². The summed E-state index contributed by atoms with van der Waals surface area (Å²) in [6.07, 6.45) is 5.06. The summed E-state index contributed by atoms with van der Waals surface area (Å²) in [5, 5.41) is 0. The van der Waals surface area contributed by atoms with Crippen molar-refractivity contribution in [3.63, 3.8) is 0 Å². The van der Waals surface area contributed by atoms with Gasteiger partial charge in [-0.3, -0.25) is 0 Å². The number of cyclic esters (lactones) is 1. The Morgan fingerprint density at radius 2 is 2.12 bits per heavy atom. The van der Waals surface area contributed by atoms with Crippen molar-refractivity contribution in [2.24, 2.45) is 0 Å². The molecule has 0 saturated carbocycles. The molecule has 0 bridgehead atoms. The van der Waals surface area contributed by atoms with Gasteiger partial charge in [0.25, 0.3) is 10.0 Å². The van der Waals surface area contributed by atoms with E-state index in [-0.39, 0.29) is 17.9 Å². The Balaban J connectivity index is 2.18. The third-order valence-electron chi connectivity index (χ3n) is 4.51. The van der Waals surface area contributed by atoms with Gasteiger partial charge in [0, 0.05) is 5.56 Å². The SMILES string of the molecule is C=CC1OC(=O)N(S(=O)(=O)C2(C)CC=CC=C2OC)c2ccccc21. The van der Waals surface area contributed by atoms with Gasteiger partial charge >= 0.3 is 6.09 Å². The van der Waals surface area contributed by atoms with Gasteiger partial charge in [0.1, 0.15) is 16.6 Å². The number of benzene rings is 1. The molecule has 2 unspecified atom stereocenters. The second kappa shape index (κ2) is 6.07. The first-order chi connectivity index (χ1) is 11.9. The van der Waals surface area contributed by atoms with Crippen LogP contribution in [0.4, 0.5) is 10.5 Å². The second-order valence-corrected chi connectivity index (χ2v) is 8.18. The zero-order valence-corrected chi connectivity index (χ0v) is 14.8. The second-order valence-electron chi connectivity index (χ2n) is 5.97. The number of hydrogen-bond acceptors (Lipinski definition) is 5. The molecule has 25 heavy (non-hydrogen) atoms. The zero-order chi connectivity index (χ0) is 18.2. The Morgan fingerprint density at radius 1 is 1.40 bits per heavy atom. The quantitative estimate of drug-likeness (QED) is 0.768. The third-order valence-corrected chi connectivity index (χ3v) is 6.84. The lowest BCUT2D eigenvalue weighted by Gasteiger charge is -2.39. The molecule has 0 radical (unpaired) electrons. The number of nitrogens with zero attached hydrogens (tertiary/aromatic N) is 1. The van der Waals surface area contributed by atoms with Crippen molar-refractivity contribution >= 4 is 21.8 Å². The number of amides is 1. The monoisotopic (exact) mass is 361 g/mol. The molecule has 2 aliphatic rings. The molecule has 0 saturated heterocycles. The highest BCUT2D eigenvalue weighted by Gasteiger charge is 2.52. The normalized spacial score (nSPS) is 25.7. The van der Waals surface area contributed by atoms with Crippen molar-refractivity contribution in [2.45, 2.75) is 24.2 Å². The minimum Gasteiger partial charge on any atom is -0.499 e. The van der Waals surface area contributed by atoms with Gasteiger partial charge in [0.2, 0.25) is 0 Å². The van der Waals surface area contributed by atoms with Gasteiger partial charge in [0.05, 0.1) is 12.8 Å². The minimum atomic E-state index is -4.16. The molecule has 0 aromatic heterocycles. The summed E-state index contributed by atoms with van der Waals surface area (Å²) in [5.41, 5.74) is 0.841. The van der Waals surface area contributed by atoms with Crippen LogP contribution in [-0.4, -0.2) is 26.4 Å². The average Bonchev–Trinajstić information content (AvgIpc) is 2.60. The van der Waals surface area contributed by atoms with E-state index in [1.165, 1.54) is 20.1 Å². The molecule has 1 amide bonds. The van der Waals surface area contributed by atoms with Crippen molar-refractivity contribution in [3.05, 3.63) is 66.5 Å². The number of allylic oxidation sites excluding steroid dienone is 3. The molecule has 0 fully saturated rings. The lowest BCUT2D eigenvalue weighted by atomic mass is 10.00. The predicted molar refractivity (Wildman–Crippen MR) is 94.5 cm³/mol. The number of sulfonamides is 1. The molecule has 3 rings (SSSR count). The van der Waals surface area contributed by atoms with Crippen LogP contribution in [-0.2, 0) is 19.5 Å². The smallest absolute Gasteiger partial charge is 0.429 e. The lowest BCUT2D eigenvalue weighted by molar-refractivity contribution is 0.125. The van der Waals surface area contributed by atoms with E-state index in [4.69, 9.17) is 9.47 Å². The number of hydrogen-bond donors (Lipinski definition) is 0. The van der Waals surface area contributed by atoms with Gasteiger partial charge in [-0.1, -0.05) is 36.9 Å². The molecular formula is C18H19NO5S. The van der Waals surface area contributed by atoms with Gasteiger partial charge in [-0.05, 0) is 31.6 Å².